The molecule has 0 bridgehead atoms. The zero-order valence-corrected chi connectivity index (χ0v) is 12.4. The lowest BCUT2D eigenvalue weighted by Crippen LogP contribution is -2.50. The van der Waals surface area contributed by atoms with Gasteiger partial charge in [0.1, 0.15) is 0 Å². The van der Waals surface area contributed by atoms with E-state index in [0.29, 0.717) is 32.5 Å². The number of carbonyl (C=O) groups excluding carboxylic acids is 1. The number of rotatable bonds is 2. The Hall–Kier alpha value is -1.60. The first kappa shape index (κ1) is 16.3. The van der Waals surface area contributed by atoms with E-state index >= 15 is 0 Å². The van der Waals surface area contributed by atoms with E-state index in [0.717, 1.165) is 18.6 Å². The largest absolute Gasteiger partial charge is 0.453 e. The normalized spacial score (nSPS) is 28.0. The van der Waals surface area contributed by atoms with E-state index in [1.165, 1.54) is 12.1 Å². The number of hydrogen-bond acceptors (Lipinski definition) is 4. The van der Waals surface area contributed by atoms with Crippen molar-refractivity contribution in [2.24, 2.45) is 0 Å². The van der Waals surface area contributed by atoms with Gasteiger partial charge in [-0.3, -0.25) is 0 Å². The Kier molecular flexibility index (Phi) is 4.33. The Morgan fingerprint density at radius 1 is 1.17 bits per heavy atom. The molecule has 0 aliphatic carbocycles. The van der Waals surface area contributed by atoms with Gasteiger partial charge in [0.05, 0.1) is 24.3 Å². The van der Waals surface area contributed by atoms with Gasteiger partial charge in [0.2, 0.25) is 5.79 Å². The van der Waals surface area contributed by atoms with Gasteiger partial charge in [-0.2, -0.15) is 13.2 Å². The van der Waals surface area contributed by atoms with E-state index < -0.39 is 35.2 Å². The van der Waals surface area contributed by atoms with Crippen molar-refractivity contribution in [2.45, 2.75) is 43.8 Å². The minimum absolute atomic E-state index is 0.487. The van der Waals surface area contributed by atoms with Crippen molar-refractivity contribution >= 4 is 5.97 Å². The fraction of sp³-hybridized carbons (Fsp3) is 0.562. The number of hydrogen-bond donors (Lipinski definition) is 0. The Labute approximate surface area is 131 Å². The number of carbonyl (C=O) groups is 1. The molecule has 2 aliphatic heterocycles. The average molecular weight is 330 g/mol. The van der Waals surface area contributed by atoms with Gasteiger partial charge in [0.25, 0.3) is 0 Å². The van der Waals surface area contributed by atoms with Crippen LogP contribution in [0.1, 0.15) is 41.6 Å². The zero-order chi connectivity index (χ0) is 16.5. The van der Waals surface area contributed by atoms with Crippen molar-refractivity contribution in [1.82, 2.24) is 0 Å². The van der Waals surface area contributed by atoms with E-state index in [4.69, 9.17) is 14.2 Å². The van der Waals surface area contributed by atoms with Gasteiger partial charge in [-0.1, -0.05) is 12.1 Å². The van der Waals surface area contributed by atoms with Crippen LogP contribution in [-0.4, -0.2) is 31.1 Å². The fourth-order valence-corrected chi connectivity index (χ4v) is 3.08. The van der Waals surface area contributed by atoms with Crippen molar-refractivity contribution in [3.8, 4) is 0 Å². The third kappa shape index (κ3) is 3.21. The van der Waals surface area contributed by atoms with Crippen LogP contribution in [0.25, 0.3) is 0 Å². The number of halogens is 3. The summed E-state index contributed by atoms with van der Waals surface area (Å²) in [5, 5.41) is 0. The number of esters is 1. The molecular weight excluding hydrogens is 313 g/mol. The first-order valence-corrected chi connectivity index (χ1v) is 7.57. The number of ether oxygens (including phenoxy) is 3. The summed E-state index contributed by atoms with van der Waals surface area (Å²) in [5.41, 5.74) is -1.48. The van der Waals surface area contributed by atoms with Crippen LogP contribution in [-0.2, 0) is 20.4 Å². The summed E-state index contributed by atoms with van der Waals surface area (Å²) < 4.78 is 55.7. The van der Waals surface area contributed by atoms with Crippen LogP contribution in [0.5, 0.6) is 0 Å². The van der Waals surface area contributed by atoms with Gasteiger partial charge < -0.3 is 14.2 Å². The molecule has 2 unspecified atom stereocenters. The molecule has 0 amide bonds. The average Bonchev–Trinajstić information content (AvgIpc) is 2.98. The van der Waals surface area contributed by atoms with Crippen LogP contribution in [0, 0.1) is 0 Å². The topological polar surface area (TPSA) is 44.8 Å². The van der Waals surface area contributed by atoms with Gasteiger partial charge in [-0.15, -0.1) is 0 Å². The predicted octanol–water partition coefficient (Wildman–Crippen LogP) is 3.55. The van der Waals surface area contributed by atoms with E-state index in [9.17, 15) is 18.0 Å². The summed E-state index contributed by atoms with van der Waals surface area (Å²) in [6, 6.07) is 4.61. The van der Waals surface area contributed by atoms with Crippen LogP contribution in [0.2, 0.25) is 0 Å². The van der Waals surface area contributed by atoms with Crippen LogP contribution in [0.3, 0.4) is 0 Å². The second-order valence-electron chi connectivity index (χ2n) is 5.69. The molecule has 2 fully saturated rings. The van der Waals surface area contributed by atoms with E-state index in [1.54, 1.807) is 0 Å². The quantitative estimate of drug-likeness (QED) is 0.778. The Morgan fingerprint density at radius 2 is 1.87 bits per heavy atom. The summed E-state index contributed by atoms with van der Waals surface area (Å²) in [6.07, 6.45) is -2.77. The number of alkyl halides is 3. The highest BCUT2D eigenvalue weighted by Crippen LogP contribution is 2.38. The highest BCUT2D eigenvalue weighted by molar-refractivity contribution is 5.91. The fourth-order valence-electron chi connectivity index (χ4n) is 3.08. The third-order valence-corrected chi connectivity index (χ3v) is 4.17. The molecule has 1 aromatic rings. The lowest BCUT2D eigenvalue weighted by atomic mass is 9.98. The molecule has 2 atom stereocenters. The molecule has 1 aromatic carbocycles. The molecule has 23 heavy (non-hydrogen) atoms. The molecule has 4 nitrogen and oxygen atoms in total. The van der Waals surface area contributed by atoms with Crippen LogP contribution < -0.4 is 0 Å². The first-order valence-electron chi connectivity index (χ1n) is 7.57. The summed E-state index contributed by atoms with van der Waals surface area (Å²) in [6.45, 7) is 0.986. The van der Waals surface area contributed by atoms with Gasteiger partial charge in [0, 0.05) is 6.42 Å². The summed E-state index contributed by atoms with van der Waals surface area (Å²) in [7, 11) is 0. The van der Waals surface area contributed by atoms with E-state index in [-0.39, 0.29) is 0 Å². The van der Waals surface area contributed by atoms with Gasteiger partial charge >= 0.3 is 12.1 Å². The molecule has 0 radical (unpaired) electrons. The minimum Gasteiger partial charge on any atom is -0.453 e. The van der Waals surface area contributed by atoms with Crippen molar-refractivity contribution in [3.63, 3.8) is 0 Å². The van der Waals surface area contributed by atoms with E-state index in [2.05, 4.69) is 0 Å². The van der Waals surface area contributed by atoms with Gasteiger partial charge in [0.15, 0.2) is 6.10 Å². The van der Waals surface area contributed by atoms with Gasteiger partial charge in [-0.05, 0) is 31.4 Å². The highest BCUT2D eigenvalue weighted by atomic mass is 19.4. The lowest BCUT2D eigenvalue weighted by molar-refractivity contribution is -0.277. The highest BCUT2D eigenvalue weighted by Gasteiger charge is 2.48. The van der Waals surface area contributed by atoms with Crippen molar-refractivity contribution in [2.75, 3.05) is 13.2 Å². The smallest absolute Gasteiger partial charge is 0.417 e. The lowest BCUT2D eigenvalue weighted by Gasteiger charge is -2.39. The Bertz CT molecular complexity index is 579. The molecule has 2 saturated heterocycles. The summed E-state index contributed by atoms with van der Waals surface area (Å²) in [5.74, 6) is -2.00. The molecule has 0 N–H and O–H groups in total. The second-order valence-corrected chi connectivity index (χ2v) is 5.69. The Balaban J connectivity index is 1.82. The summed E-state index contributed by atoms with van der Waals surface area (Å²) in [4.78, 5) is 12.3. The maximum absolute atomic E-state index is 13.0. The van der Waals surface area contributed by atoms with Crippen molar-refractivity contribution < 1.29 is 32.2 Å². The molecule has 0 saturated carbocycles. The predicted molar refractivity (Wildman–Crippen MR) is 73.8 cm³/mol. The van der Waals surface area contributed by atoms with Crippen molar-refractivity contribution in [1.29, 1.82) is 0 Å². The maximum atomic E-state index is 13.0. The standard InChI is InChI=1S/C16H17F3O4/c17-16(18,19)12-6-2-1-5-11(12)14(20)23-13-7-3-9-21-15(13)8-4-10-22-15/h1-2,5-6,13H,3-4,7-10H2. The Morgan fingerprint density at radius 3 is 2.57 bits per heavy atom. The molecule has 1 spiro atoms. The second kappa shape index (κ2) is 6.13. The molecule has 0 aromatic heterocycles. The monoisotopic (exact) mass is 330 g/mol. The summed E-state index contributed by atoms with van der Waals surface area (Å²) >= 11 is 0. The SMILES string of the molecule is O=C(OC1CCCOC12CCCO2)c1ccccc1C(F)(F)F. The third-order valence-electron chi connectivity index (χ3n) is 4.17. The molecule has 126 valence electrons. The van der Waals surface area contributed by atoms with Crippen LogP contribution in [0.4, 0.5) is 13.2 Å². The molecule has 7 heteroatoms. The van der Waals surface area contributed by atoms with E-state index in [1.807, 2.05) is 0 Å². The number of benzene rings is 1. The first-order chi connectivity index (χ1) is 10.9. The molecule has 3 rings (SSSR count). The maximum Gasteiger partial charge on any atom is 0.417 e. The van der Waals surface area contributed by atoms with Gasteiger partial charge in [-0.25, -0.2) is 4.79 Å². The van der Waals surface area contributed by atoms with Crippen LogP contribution in [0.15, 0.2) is 24.3 Å². The van der Waals surface area contributed by atoms with Crippen LogP contribution >= 0.6 is 0 Å². The zero-order valence-electron chi connectivity index (χ0n) is 12.4. The molecule has 2 aliphatic rings. The minimum atomic E-state index is -4.61. The van der Waals surface area contributed by atoms with Crippen molar-refractivity contribution in [3.05, 3.63) is 35.4 Å². The molecule has 2 heterocycles. The molecular formula is C16H17F3O4.